The Morgan fingerprint density at radius 3 is 1.60 bits per heavy atom. The van der Waals surface area contributed by atoms with Gasteiger partial charge in [-0.05, 0) is 36.4 Å². The summed E-state index contributed by atoms with van der Waals surface area (Å²) in [6.45, 7) is 4.85. The van der Waals surface area contributed by atoms with E-state index < -0.39 is 0 Å². The van der Waals surface area contributed by atoms with Crippen molar-refractivity contribution in [1.29, 1.82) is 0 Å². The molecule has 11 nitrogen and oxygen atoms in total. The van der Waals surface area contributed by atoms with Crippen molar-refractivity contribution >= 4 is 28.6 Å². The van der Waals surface area contributed by atoms with Crippen LogP contribution in [0, 0.1) is 0 Å². The predicted molar refractivity (Wildman–Crippen MR) is 161 cm³/mol. The number of anilines is 3. The van der Waals surface area contributed by atoms with Gasteiger partial charge in [-0.1, -0.05) is 24.3 Å². The second kappa shape index (κ2) is 17.3. The smallest absolute Gasteiger partial charge is 0.196 e. The molecule has 0 aromatic heterocycles. The average Bonchev–Trinajstić information content (AvgIpc) is 3.03. The van der Waals surface area contributed by atoms with Gasteiger partial charge in [-0.2, -0.15) is 0 Å². The Bertz CT molecular complexity index is 1330. The van der Waals surface area contributed by atoms with Crippen molar-refractivity contribution in [1.82, 2.24) is 0 Å². The van der Waals surface area contributed by atoms with Crippen molar-refractivity contribution in [3.05, 3.63) is 82.9 Å². The molecule has 0 radical (unpaired) electrons. The molecule has 3 aromatic carbocycles. The second-order valence-electron chi connectivity index (χ2n) is 9.44. The Morgan fingerprint density at radius 2 is 1.07 bits per heavy atom. The zero-order valence-electron chi connectivity index (χ0n) is 24.0. The van der Waals surface area contributed by atoms with E-state index in [1.807, 2.05) is 24.3 Å². The normalized spacial score (nSPS) is 12.2. The van der Waals surface area contributed by atoms with Crippen LogP contribution in [0.1, 0.15) is 31.8 Å². The molecule has 43 heavy (non-hydrogen) atoms. The van der Waals surface area contributed by atoms with E-state index in [0.717, 1.165) is 5.69 Å². The quantitative estimate of drug-likeness (QED) is 0.102. The summed E-state index contributed by atoms with van der Waals surface area (Å²) in [6, 6.07) is 17.4. The molecule has 0 spiro atoms. The molecule has 0 saturated heterocycles. The molecule has 0 heterocycles. The highest BCUT2D eigenvalue weighted by Crippen LogP contribution is 2.36. The fraction of sp³-hybridized carbons (Fsp3) is 0.375. The third-order valence-electron chi connectivity index (χ3n) is 6.46. The van der Waals surface area contributed by atoms with Gasteiger partial charge in [0.25, 0.3) is 0 Å². The van der Waals surface area contributed by atoms with E-state index in [1.54, 1.807) is 36.4 Å². The topological polar surface area (TPSA) is 148 Å². The van der Waals surface area contributed by atoms with E-state index in [0.29, 0.717) is 95.2 Å². The molecule has 3 aromatic rings. The first-order chi connectivity index (χ1) is 21.1. The Morgan fingerprint density at radius 1 is 0.581 bits per heavy atom. The summed E-state index contributed by atoms with van der Waals surface area (Å²) in [6.07, 6.45) is 0. The molecule has 0 amide bonds. The molecule has 230 valence electrons. The molecule has 0 saturated carbocycles. The lowest BCUT2D eigenvalue weighted by molar-refractivity contribution is -0.0146. The number of ether oxygens (including phenoxy) is 6. The molecule has 0 aliphatic heterocycles. The number of hydrogen-bond acceptors (Lipinski definition) is 11. The minimum Gasteiger partial charge on any atom is -0.491 e. The van der Waals surface area contributed by atoms with Gasteiger partial charge >= 0.3 is 0 Å². The first kappa shape index (κ1) is 32.1. The van der Waals surface area contributed by atoms with Crippen molar-refractivity contribution in [2.24, 2.45) is 0 Å². The zero-order valence-corrected chi connectivity index (χ0v) is 24.0. The summed E-state index contributed by atoms with van der Waals surface area (Å²) in [5.74, 6) is 0.176. The van der Waals surface area contributed by atoms with Crippen molar-refractivity contribution in [3.8, 4) is 5.75 Å². The fourth-order valence-corrected chi connectivity index (χ4v) is 4.41. The maximum atomic E-state index is 13.3. The third kappa shape index (κ3) is 9.32. The van der Waals surface area contributed by atoms with Crippen LogP contribution in [0.15, 0.2) is 60.7 Å². The van der Waals surface area contributed by atoms with Gasteiger partial charge in [0.1, 0.15) is 12.4 Å². The first-order valence-corrected chi connectivity index (χ1v) is 14.2. The van der Waals surface area contributed by atoms with E-state index in [-0.39, 0.29) is 35.0 Å². The maximum Gasteiger partial charge on any atom is 0.196 e. The maximum absolute atomic E-state index is 13.3. The highest BCUT2D eigenvalue weighted by molar-refractivity contribution is 6.31. The minimum absolute atomic E-state index is 0.0125. The highest BCUT2D eigenvalue weighted by Gasteiger charge is 2.33. The molecule has 4 rings (SSSR count). The van der Waals surface area contributed by atoms with Crippen molar-refractivity contribution < 1.29 is 43.1 Å². The predicted octanol–water partition coefficient (Wildman–Crippen LogP) is 3.24. The van der Waals surface area contributed by atoms with Crippen molar-refractivity contribution in [3.63, 3.8) is 0 Å². The third-order valence-corrected chi connectivity index (χ3v) is 6.46. The van der Waals surface area contributed by atoms with Gasteiger partial charge in [0.15, 0.2) is 11.6 Å². The van der Waals surface area contributed by atoms with Gasteiger partial charge in [-0.3, -0.25) is 9.59 Å². The number of aliphatic hydroxyl groups excluding tert-OH is 1. The number of nitrogens with one attached hydrogen (secondary N) is 1. The summed E-state index contributed by atoms with van der Waals surface area (Å²) in [5.41, 5.74) is 8.88. The van der Waals surface area contributed by atoms with Crippen LogP contribution < -0.4 is 15.8 Å². The van der Waals surface area contributed by atoms with Crippen molar-refractivity contribution in [2.45, 2.75) is 0 Å². The van der Waals surface area contributed by atoms with Crippen LogP contribution in [-0.4, -0.2) is 96.0 Å². The minimum atomic E-state index is -0.256. The van der Waals surface area contributed by atoms with E-state index in [9.17, 15) is 9.59 Å². The number of nitrogen functional groups attached to an aromatic ring is 1. The first-order valence-electron chi connectivity index (χ1n) is 14.2. The summed E-state index contributed by atoms with van der Waals surface area (Å²) in [4.78, 5) is 26.4. The Hall–Kier alpha value is -3.84. The lowest BCUT2D eigenvalue weighted by Crippen LogP contribution is -2.23. The van der Waals surface area contributed by atoms with Gasteiger partial charge in [0.2, 0.25) is 0 Å². The fourth-order valence-electron chi connectivity index (χ4n) is 4.41. The molecular formula is C32H38N2O9. The molecule has 0 bridgehead atoms. The van der Waals surface area contributed by atoms with Crippen LogP contribution in [0.25, 0.3) is 0 Å². The van der Waals surface area contributed by atoms with Crippen LogP contribution in [0.3, 0.4) is 0 Å². The zero-order chi connectivity index (χ0) is 30.3. The summed E-state index contributed by atoms with van der Waals surface area (Å²) in [7, 11) is 0. The second-order valence-corrected chi connectivity index (χ2v) is 9.44. The molecular weight excluding hydrogens is 556 g/mol. The number of nitrogens with two attached hydrogens (primary N) is 1. The van der Waals surface area contributed by atoms with E-state index in [2.05, 4.69) is 5.32 Å². The number of carbonyl (C=O) groups excluding carboxylic acids is 2. The number of aliphatic hydroxyl groups is 1. The van der Waals surface area contributed by atoms with Gasteiger partial charge in [-0.25, -0.2) is 0 Å². The molecule has 1 aliphatic rings. The summed E-state index contributed by atoms with van der Waals surface area (Å²) < 4.78 is 32.6. The summed E-state index contributed by atoms with van der Waals surface area (Å²) >= 11 is 0. The van der Waals surface area contributed by atoms with E-state index in [1.165, 1.54) is 0 Å². The van der Waals surface area contributed by atoms with Crippen molar-refractivity contribution in [2.75, 3.05) is 90.3 Å². The average molecular weight is 595 g/mol. The molecule has 1 aliphatic carbocycles. The lowest BCUT2D eigenvalue weighted by Gasteiger charge is -2.22. The molecule has 0 unspecified atom stereocenters. The van der Waals surface area contributed by atoms with Crippen LogP contribution in [0.5, 0.6) is 5.75 Å². The van der Waals surface area contributed by atoms with E-state index >= 15 is 0 Å². The number of fused-ring (bicyclic) bond motifs is 2. The van der Waals surface area contributed by atoms with Gasteiger partial charge in [0.05, 0.1) is 89.5 Å². The van der Waals surface area contributed by atoms with Crippen LogP contribution in [0.2, 0.25) is 0 Å². The van der Waals surface area contributed by atoms with Crippen LogP contribution in [0.4, 0.5) is 17.1 Å². The van der Waals surface area contributed by atoms with Crippen LogP contribution >= 0.6 is 0 Å². The molecule has 4 N–H and O–H groups in total. The standard InChI is InChI=1S/C32H38N2O9/c33-27-9-10-28(30-29(27)31(36)25-3-1-2-4-26(25)32(30)37)34-23-5-7-24(8-6-23)43-22-21-42-20-19-41-18-17-40-16-15-39-14-13-38-12-11-35/h1-10,34-35H,11-22,33H2. The van der Waals surface area contributed by atoms with Gasteiger partial charge in [-0.15, -0.1) is 0 Å². The number of ketones is 2. The Balaban J connectivity index is 1.10. The SMILES string of the molecule is Nc1ccc(Nc2ccc(OCCOCCOCCOCCOCCOCCO)cc2)c2c1C(=O)c1ccccc1C2=O. The van der Waals surface area contributed by atoms with Gasteiger partial charge in [0, 0.05) is 22.5 Å². The monoisotopic (exact) mass is 594 g/mol. The van der Waals surface area contributed by atoms with E-state index in [4.69, 9.17) is 39.3 Å². The largest absolute Gasteiger partial charge is 0.491 e. The highest BCUT2D eigenvalue weighted by atomic mass is 16.6. The molecule has 0 atom stereocenters. The van der Waals surface area contributed by atoms with Crippen LogP contribution in [-0.2, 0) is 23.7 Å². The summed E-state index contributed by atoms with van der Waals surface area (Å²) in [5, 5.41) is 11.8. The Labute approximate surface area is 250 Å². The molecule has 11 heteroatoms. The molecule has 0 fully saturated rings. The number of rotatable bonds is 20. The van der Waals surface area contributed by atoms with Gasteiger partial charge < -0.3 is 44.6 Å². The number of benzene rings is 3. The number of carbonyl (C=O) groups is 2. The lowest BCUT2D eigenvalue weighted by atomic mass is 9.82. The Kier molecular flexibility index (Phi) is 12.9. The number of hydrogen-bond donors (Lipinski definition) is 3.